The molecule has 22 heavy (non-hydrogen) atoms. The Hall–Kier alpha value is -0.400. The van der Waals surface area contributed by atoms with E-state index in [2.05, 4.69) is 71.0 Å². The van der Waals surface area contributed by atoms with Crippen molar-refractivity contribution in [2.45, 2.75) is 10.1 Å². The Morgan fingerprint density at radius 1 is 1.14 bits per heavy atom. The van der Waals surface area contributed by atoms with Gasteiger partial charge in [0.15, 0.2) is 0 Å². The molecule has 0 aliphatic heterocycles. The summed E-state index contributed by atoms with van der Waals surface area (Å²) >= 11 is -0.859. The maximum absolute atomic E-state index is 2.41. The third kappa shape index (κ3) is 3.41. The minimum absolute atomic E-state index is 0. The van der Waals surface area contributed by atoms with E-state index in [0.717, 1.165) is 0 Å². The molecule has 2 aromatic rings. The van der Waals surface area contributed by atoms with Crippen LogP contribution in [0.15, 0.2) is 63.9 Å². The molecule has 1 unspecified atom stereocenters. The Balaban J connectivity index is 0.000000882. The zero-order valence-electron chi connectivity index (χ0n) is 11.8. The van der Waals surface area contributed by atoms with E-state index in [1.807, 2.05) is 0 Å². The van der Waals surface area contributed by atoms with Crippen LogP contribution in [-0.4, -0.2) is 4.33 Å². The van der Waals surface area contributed by atoms with Crippen LogP contribution in [0.25, 0.3) is 11.8 Å². The van der Waals surface area contributed by atoms with Crippen molar-refractivity contribution < 1.29 is 47.7 Å². The van der Waals surface area contributed by atoms with Gasteiger partial charge >= 0.3 is 132 Å². The van der Waals surface area contributed by atoms with E-state index in [9.17, 15) is 0 Å². The van der Waals surface area contributed by atoms with Crippen molar-refractivity contribution in [3.8, 4) is 0 Å². The maximum Gasteiger partial charge on any atom is -1.00 e. The molecule has 1 aromatic heterocycles. The molecule has 0 spiro atoms. The van der Waals surface area contributed by atoms with Gasteiger partial charge in [0.25, 0.3) is 0 Å². The molecule has 0 saturated carbocycles. The summed E-state index contributed by atoms with van der Waals surface area (Å²) in [7, 11) is 1.29. The molecule has 0 fully saturated rings. The zero-order valence-corrected chi connectivity index (χ0v) is 17.8. The number of aromatic nitrogens is 1. The fraction of sp³-hybridized carbons (Fsp3) is 0.118. The molecule has 0 amide bonds. The predicted molar refractivity (Wildman–Crippen MR) is 82.1 cm³/mol. The second-order valence-electron chi connectivity index (χ2n) is 5.05. The third-order valence-corrected chi connectivity index (χ3v) is 10.6. The quantitative estimate of drug-likeness (QED) is 0.468. The van der Waals surface area contributed by atoms with Crippen LogP contribution in [0.3, 0.4) is 0 Å². The van der Waals surface area contributed by atoms with Gasteiger partial charge in [-0.1, -0.05) is 0 Å². The molecule has 1 nitrogen and oxygen atoms in total. The fourth-order valence-corrected chi connectivity index (χ4v) is 9.67. The predicted octanol–water partition coefficient (Wildman–Crippen LogP) is -0.945. The number of hydrogen-bond donors (Lipinski definition) is 0. The van der Waals surface area contributed by atoms with Gasteiger partial charge in [-0.25, -0.2) is 0 Å². The number of hydrogen-bond acceptors (Lipinski definition) is 0. The first-order valence-electron chi connectivity index (χ1n) is 6.84. The van der Waals surface area contributed by atoms with Gasteiger partial charge in [-0.2, -0.15) is 0 Å². The molecule has 0 N–H and O–H groups in total. The van der Waals surface area contributed by atoms with Gasteiger partial charge in [-0.05, 0) is 0 Å². The van der Waals surface area contributed by atoms with Crippen molar-refractivity contribution in [1.29, 1.82) is 0 Å². The van der Waals surface area contributed by atoms with Gasteiger partial charge in [0.1, 0.15) is 0 Å². The summed E-state index contributed by atoms with van der Waals surface area (Å²) in [5.74, 6) is 2.21. The van der Waals surface area contributed by atoms with E-state index in [1.165, 1.54) is 26.0 Å². The molecule has 0 bridgehead atoms. The number of halogens is 2. The number of nitrogens with zero attached hydrogens (tertiary/aromatic N) is 1. The van der Waals surface area contributed by atoms with Crippen LogP contribution in [0.1, 0.15) is 21.2 Å². The summed E-state index contributed by atoms with van der Waals surface area (Å²) in [6.07, 6.45) is 12.7. The molecular weight excluding hydrogens is 499 g/mol. The van der Waals surface area contributed by atoms with Crippen molar-refractivity contribution in [1.82, 2.24) is 4.33 Å². The molecule has 1 atom stereocenters. The van der Waals surface area contributed by atoms with E-state index < -0.39 is 22.9 Å². The van der Waals surface area contributed by atoms with Gasteiger partial charge in [-0.3, -0.25) is 0 Å². The Kier molecular flexibility index (Phi) is 6.46. The fourth-order valence-electron chi connectivity index (χ4n) is 2.82. The van der Waals surface area contributed by atoms with Crippen molar-refractivity contribution in [2.75, 3.05) is 0 Å². The first kappa shape index (κ1) is 17.9. The Morgan fingerprint density at radius 2 is 2.00 bits per heavy atom. The number of benzene rings is 1. The Morgan fingerprint density at radius 3 is 2.73 bits per heavy atom. The molecule has 0 saturated heterocycles. The maximum atomic E-state index is 2.41. The Bertz CT molecular complexity index is 735. The molecule has 2 aliphatic rings. The van der Waals surface area contributed by atoms with E-state index in [1.54, 1.807) is 8.89 Å². The van der Waals surface area contributed by atoms with Crippen LogP contribution < -0.4 is 24.8 Å². The van der Waals surface area contributed by atoms with E-state index in [-0.39, 0.29) is 24.8 Å². The van der Waals surface area contributed by atoms with Gasteiger partial charge in [0.2, 0.25) is 0 Å². The molecule has 110 valence electrons. The Labute approximate surface area is 156 Å². The summed E-state index contributed by atoms with van der Waals surface area (Å²) in [6, 6.07) is 11.1. The third-order valence-electron chi connectivity index (χ3n) is 3.78. The number of allylic oxidation sites excluding steroid dienone is 5. The van der Waals surface area contributed by atoms with E-state index in [4.69, 9.17) is 0 Å². The van der Waals surface area contributed by atoms with Gasteiger partial charge in [-0.15, -0.1) is 0 Å². The normalized spacial score (nSPS) is 18.1. The van der Waals surface area contributed by atoms with Crippen LogP contribution in [0, 0.1) is 0 Å². The van der Waals surface area contributed by atoms with Gasteiger partial charge in [0, 0.05) is 0 Å². The molecule has 4 rings (SSSR count). The SMILES string of the molecule is C1=CC[C]([Hf+2][CH]2C(n3cccp3)=Cc3ccccc32)=C1.[Cl-].[Cl-]. The van der Waals surface area contributed by atoms with Crippen LogP contribution in [0.5, 0.6) is 0 Å². The van der Waals surface area contributed by atoms with Crippen molar-refractivity contribution in [3.63, 3.8) is 0 Å². The molecule has 5 heteroatoms. The van der Waals surface area contributed by atoms with Crippen molar-refractivity contribution >= 4 is 20.1 Å². The summed E-state index contributed by atoms with van der Waals surface area (Å²) < 4.78 is 4.84. The summed E-state index contributed by atoms with van der Waals surface area (Å²) in [6.45, 7) is 0. The second kappa shape index (κ2) is 7.93. The van der Waals surface area contributed by atoms with Gasteiger partial charge < -0.3 is 24.8 Å². The number of rotatable bonds is 3. The molecule has 2 aliphatic carbocycles. The monoisotopic (exact) mass is 513 g/mol. The zero-order chi connectivity index (χ0) is 13.4. The summed E-state index contributed by atoms with van der Waals surface area (Å²) in [5.41, 5.74) is 4.52. The topological polar surface area (TPSA) is 4.93 Å². The van der Waals surface area contributed by atoms with Crippen LogP contribution in [0.4, 0.5) is 0 Å². The minimum Gasteiger partial charge on any atom is -1.00 e. The van der Waals surface area contributed by atoms with Crippen molar-refractivity contribution in [2.24, 2.45) is 0 Å². The molecule has 1 aromatic carbocycles. The number of fused-ring (bicyclic) bond motifs is 1. The minimum atomic E-state index is -0.859. The molecular formula is C17H14Cl2HfNP. The smallest absolute Gasteiger partial charge is 1.00 e. The van der Waals surface area contributed by atoms with Crippen LogP contribution in [-0.2, 0) is 22.9 Å². The van der Waals surface area contributed by atoms with E-state index >= 15 is 0 Å². The van der Waals surface area contributed by atoms with Crippen LogP contribution in [0.2, 0.25) is 0 Å². The standard InChI is InChI=1S/C12H9NP.C5H5.2ClH.Hf/c1-2-5-11-9-12(8-10(11)4-1)13-6-3-7-14-13;1-2-4-5-3-1;;;/h1-9H;1-3H,4H2;2*1H;/q;;;;+2/p-2. The summed E-state index contributed by atoms with van der Waals surface area (Å²) in [5, 5.41) is 0. The molecule has 1 heterocycles. The first-order chi connectivity index (χ1) is 9.92. The molecule has 0 radical (unpaired) electrons. The average Bonchev–Trinajstić information content (AvgIpc) is 3.19. The van der Waals surface area contributed by atoms with Crippen LogP contribution >= 0.6 is 8.35 Å². The van der Waals surface area contributed by atoms with Gasteiger partial charge in [0.05, 0.1) is 0 Å². The second-order valence-corrected chi connectivity index (χ2v) is 11.4. The first-order valence-corrected chi connectivity index (χ1v) is 11.6. The largest absolute Gasteiger partial charge is 1.00 e. The van der Waals surface area contributed by atoms with Crippen molar-refractivity contribution in [3.05, 3.63) is 75.0 Å². The average molecular weight is 513 g/mol. The summed E-state index contributed by atoms with van der Waals surface area (Å²) in [4.78, 5) is 0. The van der Waals surface area contributed by atoms with E-state index in [0.29, 0.717) is 3.67 Å².